The molecule has 0 saturated heterocycles. The van der Waals surface area contributed by atoms with Gasteiger partial charge >= 0.3 is 0 Å². The number of fused-ring (bicyclic) bond motifs is 1. The fourth-order valence-electron chi connectivity index (χ4n) is 5.37. The van der Waals surface area contributed by atoms with Gasteiger partial charge in [-0.1, -0.05) is 39.0 Å². The molecular formula is C29H39ClN4O2S. The van der Waals surface area contributed by atoms with Crippen LogP contribution in [0.25, 0.3) is 10.6 Å². The first-order valence-electron chi connectivity index (χ1n) is 13.0. The average Bonchev–Trinajstić information content (AvgIpc) is 3.35. The fraction of sp³-hybridized carbons (Fsp3) is 0.517. The number of rotatable bonds is 8. The van der Waals surface area contributed by atoms with E-state index in [4.69, 9.17) is 15.5 Å². The summed E-state index contributed by atoms with van der Waals surface area (Å²) in [6, 6.07) is 10.2. The molecule has 37 heavy (non-hydrogen) atoms. The molecule has 6 nitrogen and oxygen atoms in total. The summed E-state index contributed by atoms with van der Waals surface area (Å²) in [5.41, 5.74) is 11.1. The van der Waals surface area contributed by atoms with Crippen LogP contribution in [0.4, 0.5) is 0 Å². The van der Waals surface area contributed by atoms with Crippen LogP contribution < -0.4 is 15.8 Å². The summed E-state index contributed by atoms with van der Waals surface area (Å²) in [5, 5.41) is 17.6. The number of nitrogens with one attached hydrogen (secondary N) is 1. The van der Waals surface area contributed by atoms with E-state index in [2.05, 4.69) is 55.3 Å². The summed E-state index contributed by atoms with van der Waals surface area (Å²) < 4.78 is 6.40. The van der Waals surface area contributed by atoms with Crippen molar-refractivity contribution in [3.05, 3.63) is 64.8 Å². The third kappa shape index (κ3) is 6.70. The second kappa shape index (κ2) is 11.4. The Morgan fingerprint density at radius 3 is 2.70 bits per heavy atom. The van der Waals surface area contributed by atoms with Crippen LogP contribution in [0.3, 0.4) is 0 Å². The van der Waals surface area contributed by atoms with Crippen LogP contribution in [-0.4, -0.2) is 39.4 Å². The van der Waals surface area contributed by atoms with Crippen LogP contribution in [-0.2, 0) is 12.8 Å². The molecule has 0 bridgehead atoms. The molecule has 1 aromatic carbocycles. The van der Waals surface area contributed by atoms with Gasteiger partial charge in [-0.05, 0) is 60.8 Å². The molecule has 200 valence electrons. The Labute approximate surface area is 230 Å². The van der Waals surface area contributed by atoms with Crippen molar-refractivity contribution in [3.8, 4) is 16.5 Å². The predicted molar refractivity (Wildman–Crippen MR) is 152 cm³/mol. The normalized spacial score (nSPS) is 19.8. The van der Waals surface area contributed by atoms with Gasteiger partial charge in [-0.3, -0.25) is 0 Å². The van der Waals surface area contributed by atoms with Crippen LogP contribution in [0.15, 0.2) is 48.1 Å². The molecular weight excluding hydrogens is 504 g/mol. The van der Waals surface area contributed by atoms with Crippen molar-refractivity contribution < 1.29 is 9.84 Å². The van der Waals surface area contributed by atoms with Gasteiger partial charge in [0.05, 0.1) is 6.10 Å². The zero-order valence-electron chi connectivity index (χ0n) is 21.9. The molecule has 0 amide bonds. The average molecular weight is 543 g/mol. The van der Waals surface area contributed by atoms with E-state index in [-0.39, 0.29) is 35.5 Å². The monoisotopic (exact) mass is 542 g/mol. The van der Waals surface area contributed by atoms with Crippen LogP contribution in [0, 0.1) is 5.41 Å². The number of benzene rings is 1. The molecule has 4 N–H and O–H groups in total. The van der Waals surface area contributed by atoms with Gasteiger partial charge in [0.1, 0.15) is 10.6 Å². The summed E-state index contributed by atoms with van der Waals surface area (Å²) in [4.78, 5) is 9.13. The van der Waals surface area contributed by atoms with Gasteiger partial charge in [0.25, 0.3) is 0 Å². The summed E-state index contributed by atoms with van der Waals surface area (Å²) in [6.45, 7) is 7.16. The summed E-state index contributed by atoms with van der Waals surface area (Å²) >= 11 is 1.62. The maximum atomic E-state index is 11.0. The Morgan fingerprint density at radius 2 is 2.03 bits per heavy atom. The lowest BCUT2D eigenvalue weighted by atomic mass is 9.73. The number of nitrogens with two attached hydrogens (primary N) is 1. The van der Waals surface area contributed by atoms with Crippen LogP contribution in [0.1, 0.15) is 69.2 Å². The van der Waals surface area contributed by atoms with E-state index in [0.717, 1.165) is 53.3 Å². The molecule has 1 aliphatic heterocycles. The Bertz CT molecular complexity index is 1180. The van der Waals surface area contributed by atoms with Crippen molar-refractivity contribution >= 4 is 23.7 Å². The molecule has 3 atom stereocenters. The van der Waals surface area contributed by atoms with Gasteiger partial charge in [0.2, 0.25) is 5.88 Å². The highest BCUT2D eigenvalue weighted by molar-refractivity contribution is 7.13. The zero-order valence-corrected chi connectivity index (χ0v) is 23.6. The molecule has 1 aliphatic carbocycles. The van der Waals surface area contributed by atoms with Crippen molar-refractivity contribution in [2.24, 2.45) is 11.1 Å². The Balaban J connectivity index is 0.00000320. The van der Waals surface area contributed by atoms with Crippen LogP contribution >= 0.6 is 23.7 Å². The number of thiazole rings is 1. The van der Waals surface area contributed by atoms with Crippen molar-refractivity contribution in [3.63, 3.8) is 0 Å². The standard InChI is InChI=1S/C29H38N4O2S.ClH/c1-28(2,3)15-20-13-22-24(16-29(8-5-9-29)35-26(22)33-17-20)32-18-25(34)23(30)14-19-6-4-7-21(12-19)27-31-10-11-36-27;/h4,6-7,10-13,17,23-25,32,34H,5,8-9,14-16,18,30H2,1-3H3;1H/t23-,24-,25+;/m0./s1. The largest absolute Gasteiger partial charge is 0.471 e. The number of aliphatic hydroxyl groups excluding tert-OH is 1. The lowest BCUT2D eigenvalue weighted by Crippen LogP contribution is -2.51. The number of ether oxygens (including phenoxy) is 1. The lowest BCUT2D eigenvalue weighted by Gasteiger charge is -2.47. The maximum absolute atomic E-state index is 11.0. The van der Waals surface area contributed by atoms with E-state index in [1.165, 1.54) is 12.0 Å². The smallest absolute Gasteiger partial charge is 0.218 e. The number of hydrogen-bond acceptors (Lipinski definition) is 7. The number of nitrogens with zero attached hydrogens (tertiary/aromatic N) is 2. The van der Waals surface area contributed by atoms with Crippen molar-refractivity contribution in [1.29, 1.82) is 0 Å². The first kappa shape index (κ1) is 28.0. The van der Waals surface area contributed by atoms with E-state index in [1.54, 1.807) is 11.3 Å². The molecule has 3 heterocycles. The maximum Gasteiger partial charge on any atom is 0.218 e. The van der Waals surface area contributed by atoms with E-state index in [0.29, 0.717) is 13.0 Å². The van der Waals surface area contributed by atoms with Crippen LogP contribution in [0.5, 0.6) is 5.88 Å². The molecule has 2 aliphatic rings. The first-order valence-corrected chi connectivity index (χ1v) is 13.9. The van der Waals surface area contributed by atoms with Crippen molar-refractivity contribution in [2.75, 3.05) is 6.54 Å². The Morgan fingerprint density at radius 1 is 1.22 bits per heavy atom. The zero-order chi connectivity index (χ0) is 25.3. The first-order chi connectivity index (χ1) is 17.2. The third-order valence-corrected chi connectivity index (χ3v) is 8.17. The van der Waals surface area contributed by atoms with Gasteiger partial charge in [0, 0.05) is 53.9 Å². The second-order valence-electron chi connectivity index (χ2n) is 11.8. The number of hydrogen-bond donors (Lipinski definition) is 3. The number of pyridine rings is 1. The minimum atomic E-state index is -0.664. The SMILES string of the molecule is CC(C)(C)Cc1cnc2c(c1)[C@@H](NC[C@@H](O)[C@@H](N)Cc1cccc(-c3nccs3)c1)CC1(CCC1)O2.Cl. The summed E-state index contributed by atoms with van der Waals surface area (Å²) in [7, 11) is 0. The molecule has 0 radical (unpaired) electrons. The summed E-state index contributed by atoms with van der Waals surface area (Å²) in [5.74, 6) is 0.744. The number of aliphatic hydroxyl groups is 1. The second-order valence-corrected chi connectivity index (χ2v) is 12.6. The Hall–Kier alpha value is -2.03. The molecule has 5 rings (SSSR count). The van der Waals surface area contributed by atoms with Crippen molar-refractivity contribution in [2.45, 2.75) is 83.1 Å². The highest BCUT2D eigenvalue weighted by atomic mass is 35.5. The van der Waals surface area contributed by atoms with E-state index in [9.17, 15) is 5.11 Å². The van der Waals surface area contributed by atoms with E-state index >= 15 is 0 Å². The topological polar surface area (TPSA) is 93.3 Å². The van der Waals surface area contributed by atoms with Gasteiger partial charge < -0.3 is 20.9 Å². The molecule has 3 aromatic rings. The molecule has 1 spiro atoms. The quantitative estimate of drug-likeness (QED) is 0.349. The molecule has 1 saturated carbocycles. The minimum Gasteiger partial charge on any atom is -0.471 e. The van der Waals surface area contributed by atoms with Gasteiger partial charge in [-0.25, -0.2) is 9.97 Å². The summed E-state index contributed by atoms with van der Waals surface area (Å²) in [6.07, 6.45) is 8.90. The van der Waals surface area contributed by atoms with E-state index in [1.807, 2.05) is 23.8 Å². The third-order valence-electron chi connectivity index (χ3n) is 7.34. The number of halogens is 1. The fourth-order valence-corrected chi connectivity index (χ4v) is 6.00. The molecule has 0 unspecified atom stereocenters. The highest BCUT2D eigenvalue weighted by Crippen LogP contribution is 2.48. The Kier molecular flexibility index (Phi) is 8.61. The van der Waals surface area contributed by atoms with Gasteiger partial charge in [-0.2, -0.15) is 0 Å². The molecule has 2 aromatic heterocycles. The van der Waals surface area contributed by atoms with Crippen LogP contribution in [0.2, 0.25) is 0 Å². The highest BCUT2D eigenvalue weighted by Gasteiger charge is 2.46. The molecule has 1 fully saturated rings. The van der Waals surface area contributed by atoms with Crippen molar-refractivity contribution in [1.82, 2.24) is 15.3 Å². The van der Waals surface area contributed by atoms with Gasteiger partial charge in [0.15, 0.2) is 0 Å². The lowest BCUT2D eigenvalue weighted by molar-refractivity contribution is -0.0420. The van der Waals surface area contributed by atoms with E-state index < -0.39 is 6.10 Å². The number of aromatic nitrogens is 2. The minimum absolute atomic E-state index is 0. The van der Waals surface area contributed by atoms with Gasteiger partial charge in [-0.15, -0.1) is 23.7 Å². The molecule has 8 heteroatoms. The predicted octanol–water partition coefficient (Wildman–Crippen LogP) is 5.48.